The normalized spacial score (nSPS) is 22.2. The van der Waals surface area contributed by atoms with E-state index >= 15 is 0 Å². The van der Waals surface area contributed by atoms with Crippen molar-refractivity contribution in [3.63, 3.8) is 0 Å². The Morgan fingerprint density at radius 1 is 0.805 bits per heavy atom. The number of aromatic amines is 1. The number of H-pyrrole nitrogens is 1. The van der Waals surface area contributed by atoms with Gasteiger partial charge in [-0.15, -0.1) is 0 Å². The molecule has 0 spiro atoms. The fourth-order valence-electron chi connectivity index (χ4n) is 7.21. The summed E-state index contributed by atoms with van der Waals surface area (Å²) >= 11 is 0. The summed E-state index contributed by atoms with van der Waals surface area (Å²) in [7, 11) is 0. The van der Waals surface area contributed by atoms with E-state index in [9.17, 15) is 0 Å². The predicted molar refractivity (Wildman–Crippen MR) is 161 cm³/mol. The SMILES string of the molecule is Cc1cnc(C)c(-c2ccc(-c3c[nH]c4ncc(-c5ccc6c(c5)CC[C@@H](N5C7COCC5C7)CC6)cc34)nc2)n1. The van der Waals surface area contributed by atoms with Gasteiger partial charge in [0.2, 0.25) is 0 Å². The van der Waals surface area contributed by atoms with Crippen molar-refractivity contribution in [1.82, 2.24) is 29.8 Å². The van der Waals surface area contributed by atoms with E-state index in [2.05, 4.69) is 56.3 Å². The van der Waals surface area contributed by atoms with Gasteiger partial charge in [0.1, 0.15) is 5.65 Å². The van der Waals surface area contributed by atoms with Crippen LogP contribution in [0.15, 0.2) is 61.2 Å². The molecule has 3 aliphatic rings. The number of morpholine rings is 1. The van der Waals surface area contributed by atoms with Crippen LogP contribution in [0.4, 0.5) is 0 Å². The Balaban J connectivity index is 1.06. The monoisotopic (exact) mass is 542 g/mol. The fourth-order valence-corrected chi connectivity index (χ4v) is 7.21. The van der Waals surface area contributed by atoms with Crippen molar-refractivity contribution in [2.75, 3.05) is 13.2 Å². The number of pyridine rings is 2. The summed E-state index contributed by atoms with van der Waals surface area (Å²) in [6.07, 6.45) is 13.8. The average Bonchev–Trinajstić information content (AvgIpc) is 3.32. The highest BCUT2D eigenvalue weighted by atomic mass is 16.5. The summed E-state index contributed by atoms with van der Waals surface area (Å²) in [4.78, 5) is 24.9. The molecule has 41 heavy (non-hydrogen) atoms. The lowest BCUT2D eigenvalue weighted by Crippen LogP contribution is -2.66. The van der Waals surface area contributed by atoms with E-state index in [0.717, 1.165) is 76.6 Å². The van der Waals surface area contributed by atoms with Crippen LogP contribution in [0.3, 0.4) is 0 Å². The first-order valence-corrected chi connectivity index (χ1v) is 14.8. The van der Waals surface area contributed by atoms with E-state index in [4.69, 9.17) is 14.7 Å². The molecule has 0 saturated carbocycles. The van der Waals surface area contributed by atoms with Crippen molar-refractivity contribution in [2.45, 2.75) is 64.1 Å². The molecule has 2 aliphatic heterocycles. The van der Waals surface area contributed by atoms with E-state index in [1.807, 2.05) is 32.4 Å². The molecule has 1 aromatic carbocycles. The van der Waals surface area contributed by atoms with Crippen LogP contribution in [0.1, 0.15) is 41.8 Å². The van der Waals surface area contributed by atoms with Crippen molar-refractivity contribution >= 4 is 11.0 Å². The van der Waals surface area contributed by atoms with Gasteiger partial charge in [0, 0.05) is 65.0 Å². The molecule has 0 amide bonds. The summed E-state index contributed by atoms with van der Waals surface area (Å²) in [5.74, 6) is 0. The molecule has 6 heterocycles. The highest BCUT2D eigenvalue weighted by molar-refractivity contribution is 5.95. The highest BCUT2D eigenvalue weighted by Gasteiger charge is 2.45. The van der Waals surface area contributed by atoms with Gasteiger partial charge >= 0.3 is 0 Å². The van der Waals surface area contributed by atoms with Crippen molar-refractivity contribution in [1.29, 1.82) is 0 Å². The standard InChI is InChI=1S/C34H34N6O/c1-20-14-35-21(2)33(39-20)25-7-10-32(36-15-25)31-17-38-34-30(31)12-26(16-37-34)24-4-3-22-5-8-27(9-6-23(22)11-24)40-28-13-29(40)19-41-18-28/h3-4,7,10-12,14-17,27-29H,5-6,8-9,13,18-19H2,1-2H3,(H,37,38)/t27-,28?,29?/m0/s1. The minimum absolute atomic E-state index is 0.648. The molecule has 7 nitrogen and oxygen atoms in total. The summed E-state index contributed by atoms with van der Waals surface area (Å²) in [5, 5.41) is 1.08. The number of ether oxygens (including phenoxy) is 1. The van der Waals surface area contributed by atoms with Gasteiger partial charge in [-0.25, -0.2) is 9.97 Å². The lowest BCUT2D eigenvalue weighted by atomic mass is 9.87. The van der Waals surface area contributed by atoms with Crippen LogP contribution < -0.4 is 0 Å². The first-order chi connectivity index (χ1) is 20.1. The van der Waals surface area contributed by atoms with Crippen molar-refractivity contribution in [3.8, 4) is 33.6 Å². The Morgan fingerprint density at radius 2 is 1.61 bits per heavy atom. The summed E-state index contributed by atoms with van der Waals surface area (Å²) in [6, 6.07) is 15.4. The Morgan fingerprint density at radius 3 is 2.41 bits per heavy atom. The number of benzene rings is 1. The van der Waals surface area contributed by atoms with Crippen LogP contribution in [0.25, 0.3) is 44.7 Å². The second-order valence-electron chi connectivity index (χ2n) is 11.9. The number of hydrogen-bond donors (Lipinski definition) is 1. The third kappa shape index (κ3) is 4.35. The molecule has 2 bridgehead atoms. The quantitative estimate of drug-likeness (QED) is 0.277. The second kappa shape index (κ2) is 9.86. The van der Waals surface area contributed by atoms with Gasteiger partial charge in [-0.1, -0.05) is 18.2 Å². The maximum Gasteiger partial charge on any atom is 0.137 e. The Hall–Kier alpha value is -3.94. The largest absolute Gasteiger partial charge is 0.378 e. The molecule has 2 fully saturated rings. The highest BCUT2D eigenvalue weighted by Crippen LogP contribution is 2.38. The first kappa shape index (κ1) is 24.8. The van der Waals surface area contributed by atoms with Gasteiger partial charge in [0.15, 0.2) is 0 Å². The maximum absolute atomic E-state index is 5.74. The van der Waals surface area contributed by atoms with E-state index in [-0.39, 0.29) is 0 Å². The molecule has 206 valence electrons. The van der Waals surface area contributed by atoms with Crippen molar-refractivity contribution < 1.29 is 4.74 Å². The number of fused-ring (bicyclic) bond motifs is 4. The van der Waals surface area contributed by atoms with Gasteiger partial charge in [-0.3, -0.25) is 14.9 Å². The molecule has 4 aromatic heterocycles. The molecule has 8 rings (SSSR count). The van der Waals surface area contributed by atoms with E-state index in [0.29, 0.717) is 18.1 Å². The number of nitrogens with one attached hydrogen (secondary N) is 1. The van der Waals surface area contributed by atoms with Crippen LogP contribution in [0.5, 0.6) is 0 Å². The van der Waals surface area contributed by atoms with Gasteiger partial charge in [0.05, 0.1) is 36.0 Å². The number of aryl methyl sites for hydroxylation is 4. The lowest BCUT2D eigenvalue weighted by molar-refractivity contribution is -0.148. The van der Waals surface area contributed by atoms with Crippen molar-refractivity contribution in [2.24, 2.45) is 0 Å². The van der Waals surface area contributed by atoms with Crippen LogP contribution in [-0.2, 0) is 17.6 Å². The van der Waals surface area contributed by atoms with Crippen molar-refractivity contribution in [3.05, 3.63) is 83.7 Å². The minimum Gasteiger partial charge on any atom is -0.378 e. The molecule has 1 aliphatic carbocycles. The summed E-state index contributed by atoms with van der Waals surface area (Å²) in [6.45, 7) is 5.78. The molecule has 7 heteroatoms. The zero-order chi connectivity index (χ0) is 27.5. The fraction of sp³-hybridized carbons (Fsp3) is 0.353. The Kier molecular flexibility index (Phi) is 5.97. The topological polar surface area (TPSA) is 79.8 Å². The molecular formula is C34H34N6O. The Bertz CT molecular complexity index is 1750. The minimum atomic E-state index is 0.648. The third-order valence-electron chi connectivity index (χ3n) is 9.38. The number of rotatable bonds is 4. The molecule has 2 unspecified atom stereocenters. The number of hydrogen-bond acceptors (Lipinski definition) is 6. The van der Waals surface area contributed by atoms with Crippen LogP contribution in [-0.4, -0.2) is 61.2 Å². The summed E-state index contributed by atoms with van der Waals surface area (Å²) < 4.78 is 5.74. The zero-order valence-electron chi connectivity index (χ0n) is 23.6. The molecule has 3 atom stereocenters. The van der Waals surface area contributed by atoms with E-state index in [1.165, 1.54) is 36.0 Å². The molecule has 1 N–H and O–H groups in total. The number of nitrogens with zero attached hydrogens (tertiary/aromatic N) is 5. The Labute approximate surface area is 240 Å². The average molecular weight is 543 g/mol. The number of aromatic nitrogens is 5. The zero-order valence-corrected chi connectivity index (χ0v) is 23.6. The predicted octanol–water partition coefficient (Wildman–Crippen LogP) is 6.09. The maximum atomic E-state index is 5.74. The van der Waals surface area contributed by atoms with E-state index < -0.39 is 0 Å². The van der Waals surface area contributed by atoms with Gasteiger partial charge < -0.3 is 9.72 Å². The van der Waals surface area contributed by atoms with Crippen LogP contribution in [0, 0.1) is 13.8 Å². The molecule has 0 radical (unpaired) electrons. The second-order valence-corrected chi connectivity index (χ2v) is 11.9. The van der Waals surface area contributed by atoms with Gasteiger partial charge in [-0.2, -0.15) is 0 Å². The van der Waals surface area contributed by atoms with Crippen LogP contribution >= 0.6 is 0 Å². The first-order valence-electron chi connectivity index (χ1n) is 14.8. The molecule has 5 aromatic rings. The van der Waals surface area contributed by atoms with Crippen LogP contribution in [0.2, 0.25) is 0 Å². The molecule has 2 saturated heterocycles. The lowest BCUT2D eigenvalue weighted by Gasteiger charge is -2.56. The third-order valence-corrected chi connectivity index (χ3v) is 9.38. The summed E-state index contributed by atoms with van der Waals surface area (Å²) in [5.41, 5.74) is 11.9. The van der Waals surface area contributed by atoms with Gasteiger partial charge in [0.25, 0.3) is 0 Å². The smallest absolute Gasteiger partial charge is 0.137 e. The van der Waals surface area contributed by atoms with Gasteiger partial charge in [-0.05, 0) is 80.8 Å². The molecular weight excluding hydrogens is 508 g/mol. The van der Waals surface area contributed by atoms with E-state index in [1.54, 1.807) is 6.20 Å².